The summed E-state index contributed by atoms with van der Waals surface area (Å²) in [6.07, 6.45) is 3.14. The van der Waals surface area contributed by atoms with Crippen molar-refractivity contribution in [1.29, 1.82) is 0 Å². The summed E-state index contributed by atoms with van der Waals surface area (Å²) < 4.78 is 5.40. The lowest BCUT2D eigenvalue weighted by Crippen LogP contribution is -2.51. The summed E-state index contributed by atoms with van der Waals surface area (Å²) in [5, 5.41) is 11.1. The van der Waals surface area contributed by atoms with Crippen LogP contribution in [0.25, 0.3) is 6.08 Å². The van der Waals surface area contributed by atoms with Crippen LogP contribution >= 0.6 is 11.3 Å². The monoisotopic (exact) mass is 267 g/mol. The molecule has 0 spiro atoms. The van der Waals surface area contributed by atoms with Gasteiger partial charge in [-0.25, -0.2) is 0 Å². The maximum atomic E-state index is 12.1. The number of hydrogen-bond donors (Lipinski definition) is 1. The van der Waals surface area contributed by atoms with Crippen molar-refractivity contribution in [1.82, 2.24) is 4.90 Å². The Kier molecular flexibility index (Phi) is 4.52. The molecular weight excluding hydrogens is 250 g/mol. The number of morpholine rings is 1. The van der Waals surface area contributed by atoms with E-state index in [9.17, 15) is 4.79 Å². The Bertz CT molecular complexity index is 416. The zero-order chi connectivity index (χ0) is 13.0. The fraction of sp³-hybridized carbons (Fsp3) is 0.462. The molecule has 1 N–H and O–H groups in total. The summed E-state index contributed by atoms with van der Waals surface area (Å²) in [4.78, 5) is 14.9. The van der Waals surface area contributed by atoms with Gasteiger partial charge in [0.2, 0.25) is 5.91 Å². The first-order chi connectivity index (χ1) is 8.70. The molecule has 0 aromatic carbocycles. The van der Waals surface area contributed by atoms with Crippen LogP contribution in [0, 0.1) is 0 Å². The van der Waals surface area contributed by atoms with Gasteiger partial charge in [-0.1, -0.05) is 6.07 Å². The molecule has 18 heavy (non-hydrogen) atoms. The Morgan fingerprint density at radius 2 is 2.56 bits per heavy atom. The highest BCUT2D eigenvalue weighted by Crippen LogP contribution is 2.14. The third kappa shape index (κ3) is 3.19. The third-order valence-electron chi connectivity index (χ3n) is 2.93. The Morgan fingerprint density at radius 1 is 1.72 bits per heavy atom. The smallest absolute Gasteiger partial charge is 0.247 e. The molecule has 0 radical (unpaired) electrons. The summed E-state index contributed by atoms with van der Waals surface area (Å²) in [7, 11) is 0. The molecule has 1 amide bonds. The van der Waals surface area contributed by atoms with Gasteiger partial charge in [-0.2, -0.15) is 0 Å². The lowest BCUT2D eigenvalue weighted by Gasteiger charge is -2.36. The molecule has 2 rings (SSSR count). The van der Waals surface area contributed by atoms with Crippen LogP contribution in [0.15, 0.2) is 23.6 Å². The van der Waals surface area contributed by atoms with Gasteiger partial charge in [0, 0.05) is 17.5 Å². The number of ether oxygens (including phenoxy) is 1. The van der Waals surface area contributed by atoms with Crippen LogP contribution in [0.1, 0.15) is 11.8 Å². The van der Waals surface area contributed by atoms with Gasteiger partial charge < -0.3 is 14.7 Å². The van der Waals surface area contributed by atoms with E-state index in [1.54, 1.807) is 22.3 Å². The number of carbonyl (C=O) groups is 1. The molecule has 4 nitrogen and oxygen atoms in total. The highest BCUT2D eigenvalue weighted by molar-refractivity contribution is 7.10. The van der Waals surface area contributed by atoms with E-state index in [-0.39, 0.29) is 24.7 Å². The van der Waals surface area contributed by atoms with Crippen LogP contribution in [-0.2, 0) is 9.53 Å². The number of amides is 1. The molecular formula is C13H17NO3S. The first kappa shape index (κ1) is 13.3. The standard InChI is InChI=1S/C13H17NO3S/c1-10-9-17-11(8-15)7-14(10)13(16)5-4-12-3-2-6-18-12/h2-6,10-11,15H,7-9H2,1H3/b5-4+. The Labute approximate surface area is 110 Å². The second-order valence-corrected chi connectivity index (χ2v) is 5.31. The number of hydrogen-bond acceptors (Lipinski definition) is 4. The van der Waals surface area contributed by atoms with Crippen molar-refractivity contribution >= 4 is 23.3 Å². The van der Waals surface area contributed by atoms with Crippen molar-refractivity contribution in [3.05, 3.63) is 28.5 Å². The van der Waals surface area contributed by atoms with Crippen LogP contribution in [0.3, 0.4) is 0 Å². The average molecular weight is 267 g/mol. The Balaban J connectivity index is 1.98. The van der Waals surface area contributed by atoms with Crippen LogP contribution in [-0.4, -0.2) is 47.8 Å². The molecule has 5 heteroatoms. The highest BCUT2D eigenvalue weighted by Gasteiger charge is 2.27. The lowest BCUT2D eigenvalue weighted by atomic mass is 10.2. The summed E-state index contributed by atoms with van der Waals surface area (Å²) >= 11 is 1.60. The molecule has 2 unspecified atom stereocenters. The van der Waals surface area contributed by atoms with E-state index in [4.69, 9.17) is 9.84 Å². The molecule has 1 aromatic rings. The van der Waals surface area contributed by atoms with Gasteiger partial charge in [0.1, 0.15) is 0 Å². The van der Waals surface area contributed by atoms with Crippen LogP contribution in [0.5, 0.6) is 0 Å². The van der Waals surface area contributed by atoms with Gasteiger partial charge >= 0.3 is 0 Å². The van der Waals surface area contributed by atoms with Crippen LogP contribution in [0.2, 0.25) is 0 Å². The maximum Gasteiger partial charge on any atom is 0.247 e. The average Bonchev–Trinajstić information content (AvgIpc) is 2.89. The quantitative estimate of drug-likeness (QED) is 0.842. The van der Waals surface area contributed by atoms with E-state index in [1.807, 2.05) is 30.5 Å². The van der Waals surface area contributed by atoms with Crippen molar-refractivity contribution in [3.63, 3.8) is 0 Å². The molecule has 0 bridgehead atoms. The van der Waals surface area contributed by atoms with E-state index < -0.39 is 0 Å². The number of aliphatic hydroxyl groups is 1. The fourth-order valence-corrected chi connectivity index (χ4v) is 2.49. The highest BCUT2D eigenvalue weighted by atomic mass is 32.1. The topological polar surface area (TPSA) is 49.8 Å². The van der Waals surface area contributed by atoms with Crippen molar-refractivity contribution in [2.45, 2.75) is 19.1 Å². The zero-order valence-electron chi connectivity index (χ0n) is 10.3. The second kappa shape index (κ2) is 6.13. The minimum atomic E-state index is -0.264. The van der Waals surface area contributed by atoms with Crippen molar-refractivity contribution in [3.8, 4) is 0 Å². The van der Waals surface area contributed by atoms with E-state index in [0.717, 1.165) is 4.88 Å². The Morgan fingerprint density at radius 3 is 3.22 bits per heavy atom. The predicted molar refractivity (Wildman–Crippen MR) is 71.4 cm³/mol. The third-order valence-corrected chi connectivity index (χ3v) is 3.76. The number of aliphatic hydroxyl groups excluding tert-OH is 1. The maximum absolute atomic E-state index is 12.1. The normalized spacial score (nSPS) is 24.7. The molecule has 2 atom stereocenters. The molecule has 2 heterocycles. The SMILES string of the molecule is CC1COC(CO)CN1C(=O)/C=C/c1cccs1. The van der Waals surface area contributed by atoms with Gasteiger partial charge in [0.05, 0.1) is 25.4 Å². The minimum Gasteiger partial charge on any atom is -0.394 e. The number of carbonyl (C=O) groups excluding carboxylic acids is 1. The van der Waals surface area contributed by atoms with E-state index >= 15 is 0 Å². The van der Waals surface area contributed by atoms with Crippen LogP contribution < -0.4 is 0 Å². The summed E-state index contributed by atoms with van der Waals surface area (Å²) in [6.45, 7) is 2.82. The van der Waals surface area contributed by atoms with Gasteiger partial charge in [0.25, 0.3) is 0 Å². The fourth-order valence-electron chi connectivity index (χ4n) is 1.87. The van der Waals surface area contributed by atoms with Crippen molar-refractivity contribution < 1.29 is 14.6 Å². The predicted octanol–water partition coefficient (Wildman–Crippen LogP) is 1.37. The largest absolute Gasteiger partial charge is 0.394 e. The van der Waals surface area contributed by atoms with E-state index in [2.05, 4.69) is 0 Å². The minimum absolute atomic E-state index is 0.0300. The molecule has 98 valence electrons. The molecule has 1 aromatic heterocycles. The lowest BCUT2D eigenvalue weighted by molar-refractivity contribution is -0.140. The van der Waals surface area contributed by atoms with E-state index in [0.29, 0.717) is 13.2 Å². The van der Waals surface area contributed by atoms with Gasteiger partial charge in [-0.05, 0) is 24.4 Å². The second-order valence-electron chi connectivity index (χ2n) is 4.33. The first-order valence-corrected chi connectivity index (χ1v) is 6.83. The van der Waals surface area contributed by atoms with Gasteiger partial charge in [0.15, 0.2) is 0 Å². The van der Waals surface area contributed by atoms with Gasteiger partial charge in [-0.3, -0.25) is 4.79 Å². The molecule has 1 fully saturated rings. The van der Waals surface area contributed by atoms with Crippen LogP contribution in [0.4, 0.5) is 0 Å². The first-order valence-electron chi connectivity index (χ1n) is 5.95. The number of nitrogens with zero attached hydrogens (tertiary/aromatic N) is 1. The zero-order valence-corrected chi connectivity index (χ0v) is 11.1. The Hall–Kier alpha value is -1.17. The van der Waals surface area contributed by atoms with Crippen molar-refractivity contribution in [2.24, 2.45) is 0 Å². The molecule has 0 aliphatic carbocycles. The summed E-state index contributed by atoms with van der Waals surface area (Å²) in [5.41, 5.74) is 0. The van der Waals surface area contributed by atoms with Gasteiger partial charge in [-0.15, -0.1) is 11.3 Å². The molecule has 1 saturated heterocycles. The number of thiophene rings is 1. The molecule has 0 saturated carbocycles. The number of rotatable bonds is 3. The summed E-state index contributed by atoms with van der Waals surface area (Å²) in [5.74, 6) is -0.0300. The van der Waals surface area contributed by atoms with Crippen molar-refractivity contribution in [2.75, 3.05) is 19.8 Å². The summed E-state index contributed by atoms with van der Waals surface area (Å²) in [6, 6.07) is 3.97. The molecule has 1 aliphatic heterocycles. The molecule has 1 aliphatic rings. The van der Waals surface area contributed by atoms with E-state index in [1.165, 1.54) is 0 Å².